The number of hydrogen-bond donors (Lipinski definition) is 0. The summed E-state index contributed by atoms with van der Waals surface area (Å²) >= 11 is 0. The van der Waals surface area contributed by atoms with Crippen LogP contribution in [0, 0.1) is 0 Å². The summed E-state index contributed by atoms with van der Waals surface area (Å²) in [7, 11) is 0. The maximum absolute atomic E-state index is 6.22. The molecule has 0 bridgehead atoms. The molecule has 0 aliphatic heterocycles. The molecule has 10 aromatic rings. The van der Waals surface area contributed by atoms with Gasteiger partial charge >= 0.3 is 0 Å². The van der Waals surface area contributed by atoms with E-state index in [1.807, 2.05) is 91.1 Å². The zero-order chi connectivity index (χ0) is 33.0. The molecule has 0 saturated heterocycles. The predicted molar refractivity (Wildman–Crippen MR) is 201 cm³/mol. The van der Waals surface area contributed by atoms with E-state index in [1.165, 1.54) is 0 Å². The van der Waals surface area contributed by atoms with E-state index in [1.54, 1.807) is 0 Å². The normalized spacial score (nSPS) is 11.6. The number of nitrogens with zero attached hydrogens (tertiary/aromatic N) is 5. The summed E-state index contributed by atoms with van der Waals surface area (Å²) in [6, 6.07) is 53.9. The van der Waals surface area contributed by atoms with Crippen molar-refractivity contribution in [1.82, 2.24) is 24.5 Å². The minimum Gasteiger partial charge on any atom is -0.456 e. The monoisotopic (exact) mass is 641 g/mol. The average Bonchev–Trinajstić information content (AvgIpc) is 3.73. The van der Waals surface area contributed by atoms with E-state index < -0.39 is 0 Å². The van der Waals surface area contributed by atoms with Gasteiger partial charge in [0, 0.05) is 44.4 Å². The summed E-state index contributed by atoms with van der Waals surface area (Å²) in [6.07, 6.45) is 1.83. The number of furan rings is 1. The molecule has 0 spiro atoms. The Balaban J connectivity index is 1.11. The smallest absolute Gasteiger partial charge is 0.164 e. The van der Waals surface area contributed by atoms with E-state index in [0.29, 0.717) is 17.5 Å². The number of hydrogen-bond acceptors (Lipinski definition) is 5. The third-order valence-corrected chi connectivity index (χ3v) is 9.32. The third-order valence-electron chi connectivity index (χ3n) is 9.32. The van der Waals surface area contributed by atoms with Crippen molar-refractivity contribution < 1.29 is 4.42 Å². The number of rotatable bonds is 5. The van der Waals surface area contributed by atoms with Crippen LogP contribution in [0.2, 0.25) is 0 Å². The number of pyridine rings is 1. The van der Waals surface area contributed by atoms with Gasteiger partial charge in [0.15, 0.2) is 17.5 Å². The molecule has 0 saturated carbocycles. The van der Waals surface area contributed by atoms with Crippen molar-refractivity contribution in [1.29, 1.82) is 0 Å². The molecule has 0 aliphatic carbocycles. The van der Waals surface area contributed by atoms with Crippen LogP contribution in [0.4, 0.5) is 0 Å². The first kappa shape index (κ1) is 28.1. The van der Waals surface area contributed by atoms with Gasteiger partial charge in [0.05, 0.1) is 11.0 Å². The highest BCUT2D eigenvalue weighted by molar-refractivity contribution is 6.11. The molecule has 0 amide bonds. The first-order valence-corrected chi connectivity index (χ1v) is 16.6. The van der Waals surface area contributed by atoms with Gasteiger partial charge in [-0.15, -0.1) is 0 Å². The van der Waals surface area contributed by atoms with Gasteiger partial charge in [-0.1, -0.05) is 109 Å². The Morgan fingerprint density at radius 2 is 0.960 bits per heavy atom. The van der Waals surface area contributed by atoms with Crippen molar-refractivity contribution >= 4 is 43.7 Å². The molecule has 0 atom stereocenters. The summed E-state index contributed by atoms with van der Waals surface area (Å²) < 4.78 is 8.44. The Kier molecular flexibility index (Phi) is 6.39. The number of aromatic nitrogens is 5. The Bertz CT molecular complexity index is 2820. The molecule has 10 rings (SSSR count). The lowest BCUT2D eigenvalue weighted by atomic mass is 10.0. The first-order valence-electron chi connectivity index (χ1n) is 16.6. The van der Waals surface area contributed by atoms with Gasteiger partial charge in [-0.3, -0.25) is 4.57 Å². The van der Waals surface area contributed by atoms with Gasteiger partial charge in [0.25, 0.3) is 0 Å². The molecule has 4 aromatic heterocycles. The highest BCUT2D eigenvalue weighted by Gasteiger charge is 2.17. The van der Waals surface area contributed by atoms with E-state index in [2.05, 4.69) is 77.4 Å². The zero-order valence-electron chi connectivity index (χ0n) is 26.7. The molecule has 0 fully saturated rings. The van der Waals surface area contributed by atoms with Crippen LogP contribution in [0.1, 0.15) is 0 Å². The second-order valence-corrected chi connectivity index (χ2v) is 12.3. The van der Waals surface area contributed by atoms with Crippen molar-refractivity contribution in [2.45, 2.75) is 0 Å². The lowest BCUT2D eigenvalue weighted by Gasteiger charge is -2.11. The van der Waals surface area contributed by atoms with Crippen LogP contribution in [0.25, 0.3) is 94.9 Å². The molecule has 0 unspecified atom stereocenters. The molecular weight excluding hydrogens is 615 g/mol. The van der Waals surface area contributed by atoms with E-state index >= 15 is 0 Å². The van der Waals surface area contributed by atoms with Crippen molar-refractivity contribution in [3.63, 3.8) is 0 Å². The quantitative estimate of drug-likeness (QED) is 0.187. The SMILES string of the molecule is c1ccc(-c2nc(-c3ccccc3)nc(-c3ccnc(-n4c5ccccc5c5cc(-c6ccc7c(c6)oc6ccccc67)ccc54)c3)n2)cc1. The minimum atomic E-state index is 0.588. The lowest BCUT2D eigenvalue weighted by molar-refractivity contribution is 0.669. The standard InChI is InChI=1S/C44H27N5O/c1-3-11-28(12-4-1)42-46-43(29-13-5-2-6-14-29)48-44(47-42)32-23-24-45-41(27-32)49-37-17-9-7-15-33(37)36-25-30(20-22-38(36)49)31-19-21-35-34-16-8-10-18-39(34)50-40(35)26-31/h1-27H. The number of fused-ring (bicyclic) bond motifs is 6. The molecule has 0 aliphatic rings. The van der Waals surface area contributed by atoms with E-state index in [0.717, 1.165) is 77.4 Å². The molecule has 234 valence electrons. The third kappa shape index (κ3) is 4.65. The zero-order valence-corrected chi connectivity index (χ0v) is 26.7. The van der Waals surface area contributed by atoms with Crippen LogP contribution in [-0.4, -0.2) is 24.5 Å². The first-order chi connectivity index (χ1) is 24.8. The van der Waals surface area contributed by atoms with Crippen molar-refractivity contribution in [2.75, 3.05) is 0 Å². The van der Waals surface area contributed by atoms with Crippen molar-refractivity contribution in [2.24, 2.45) is 0 Å². The van der Waals surface area contributed by atoms with Crippen LogP contribution < -0.4 is 0 Å². The van der Waals surface area contributed by atoms with Gasteiger partial charge in [0.1, 0.15) is 17.0 Å². The summed E-state index contributed by atoms with van der Waals surface area (Å²) in [6.45, 7) is 0. The summed E-state index contributed by atoms with van der Waals surface area (Å²) in [4.78, 5) is 19.7. The molecule has 6 nitrogen and oxygen atoms in total. The van der Waals surface area contributed by atoms with Gasteiger partial charge in [0.2, 0.25) is 0 Å². The van der Waals surface area contributed by atoms with Crippen LogP contribution >= 0.6 is 0 Å². The molecule has 50 heavy (non-hydrogen) atoms. The fraction of sp³-hybridized carbons (Fsp3) is 0. The second kappa shape index (κ2) is 11.4. The van der Waals surface area contributed by atoms with Crippen LogP contribution in [0.3, 0.4) is 0 Å². The summed E-state index contributed by atoms with van der Waals surface area (Å²) in [5.74, 6) is 2.62. The molecule has 6 aromatic carbocycles. The van der Waals surface area contributed by atoms with Crippen LogP contribution in [0.5, 0.6) is 0 Å². The Labute approximate surface area is 287 Å². The van der Waals surface area contributed by atoms with Gasteiger partial charge in [-0.25, -0.2) is 19.9 Å². The van der Waals surface area contributed by atoms with E-state index in [4.69, 9.17) is 24.4 Å². The Hall–Kier alpha value is -6.92. The highest BCUT2D eigenvalue weighted by atomic mass is 16.3. The van der Waals surface area contributed by atoms with Gasteiger partial charge in [-0.05, 0) is 59.7 Å². The molecular formula is C44H27N5O. The topological polar surface area (TPSA) is 69.6 Å². The largest absolute Gasteiger partial charge is 0.456 e. The second-order valence-electron chi connectivity index (χ2n) is 12.3. The molecule has 6 heteroatoms. The van der Waals surface area contributed by atoms with Gasteiger partial charge < -0.3 is 4.42 Å². The number of para-hydroxylation sites is 2. The van der Waals surface area contributed by atoms with Crippen molar-refractivity contribution in [3.05, 3.63) is 164 Å². The van der Waals surface area contributed by atoms with Crippen LogP contribution in [-0.2, 0) is 0 Å². The van der Waals surface area contributed by atoms with Crippen LogP contribution in [0.15, 0.2) is 168 Å². The minimum absolute atomic E-state index is 0.588. The maximum atomic E-state index is 6.22. The lowest BCUT2D eigenvalue weighted by Crippen LogP contribution is -2.02. The Morgan fingerprint density at radius 1 is 0.380 bits per heavy atom. The summed E-state index contributed by atoms with van der Waals surface area (Å²) in [5.41, 5.74) is 8.87. The fourth-order valence-corrected chi connectivity index (χ4v) is 6.92. The Morgan fingerprint density at radius 3 is 1.72 bits per heavy atom. The maximum Gasteiger partial charge on any atom is 0.164 e. The van der Waals surface area contributed by atoms with Crippen molar-refractivity contribution in [3.8, 4) is 51.1 Å². The van der Waals surface area contributed by atoms with Gasteiger partial charge in [-0.2, -0.15) is 0 Å². The average molecular weight is 642 g/mol. The van der Waals surface area contributed by atoms with E-state index in [-0.39, 0.29) is 0 Å². The predicted octanol–water partition coefficient (Wildman–Crippen LogP) is 10.9. The fourth-order valence-electron chi connectivity index (χ4n) is 6.92. The van der Waals surface area contributed by atoms with E-state index in [9.17, 15) is 0 Å². The molecule has 4 heterocycles. The highest BCUT2D eigenvalue weighted by Crippen LogP contribution is 2.37. The summed E-state index contributed by atoms with van der Waals surface area (Å²) in [5, 5.41) is 4.55. The molecule has 0 radical (unpaired) electrons. The molecule has 0 N–H and O–H groups in total. The number of benzene rings is 6.